The van der Waals surface area contributed by atoms with Gasteiger partial charge in [-0.05, 0) is 44.2 Å². The van der Waals surface area contributed by atoms with Gasteiger partial charge in [0.2, 0.25) is 10.9 Å². The minimum Gasteiger partial charge on any atom is -0.330 e. The van der Waals surface area contributed by atoms with Crippen molar-refractivity contribution in [1.29, 1.82) is 0 Å². The number of aryl methyl sites for hydroxylation is 2. The monoisotopic (exact) mass is 387 g/mol. The Kier molecular flexibility index (Phi) is 4.01. The molecule has 0 bridgehead atoms. The number of rotatable bonds is 3. The summed E-state index contributed by atoms with van der Waals surface area (Å²) in [6.45, 7) is 3.67. The van der Waals surface area contributed by atoms with E-state index in [4.69, 9.17) is 11.6 Å². The Morgan fingerprint density at radius 3 is 2.73 bits per heavy atom. The predicted octanol–water partition coefficient (Wildman–Crippen LogP) is 3.01. The van der Waals surface area contributed by atoms with Crippen molar-refractivity contribution in [1.82, 2.24) is 19.2 Å². The molecule has 26 heavy (non-hydrogen) atoms. The summed E-state index contributed by atoms with van der Waals surface area (Å²) < 4.78 is 2.95. The molecule has 3 aromatic heterocycles. The highest BCUT2D eigenvalue weighted by atomic mass is 35.5. The Labute approximate surface area is 156 Å². The average molecular weight is 388 g/mol. The molecular weight excluding hydrogens is 374 g/mol. The molecule has 1 aromatic carbocycles. The summed E-state index contributed by atoms with van der Waals surface area (Å²) in [6, 6.07) is 8.65. The third kappa shape index (κ3) is 2.87. The molecule has 3 heterocycles. The lowest BCUT2D eigenvalue weighted by atomic mass is 10.3. The molecule has 0 aliphatic carbocycles. The third-order valence-electron chi connectivity index (χ3n) is 3.99. The van der Waals surface area contributed by atoms with Crippen LogP contribution in [-0.2, 0) is 11.3 Å². The molecule has 0 atom stereocenters. The van der Waals surface area contributed by atoms with E-state index in [1.165, 1.54) is 15.9 Å². The number of amides is 1. The molecule has 0 spiro atoms. The molecule has 0 aliphatic rings. The van der Waals surface area contributed by atoms with Gasteiger partial charge in [-0.1, -0.05) is 22.9 Å². The van der Waals surface area contributed by atoms with Crippen LogP contribution in [0.3, 0.4) is 0 Å². The highest BCUT2D eigenvalue weighted by Crippen LogP contribution is 2.19. The Balaban J connectivity index is 1.72. The van der Waals surface area contributed by atoms with Crippen LogP contribution in [0.2, 0.25) is 5.02 Å². The fraction of sp³-hybridized carbons (Fsp3) is 0.176. The quantitative estimate of drug-likeness (QED) is 0.586. The van der Waals surface area contributed by atoms with Crippen molar-refractivity contribution < 1.29 is 4.79 Å². The summed E-state index contributed by atoms with van der Waals surface area (Å²) in [5.74, 6) is -0.244. The van der Waals surface area contributed by atoms with E-state index in [1.54, 1.807) is 34.9 Å². The van der Waals surface area contributed by atoms with Gasteiger partial charge in [0.25, 0.3) is 5.56 Å². The Morgan fingerprint density at radius 1 is 1.27 bits per heavy atom. The molecule has 1 amide bonds. The van der Waals surface area contributed by atoms with E-state index in [0.29, 0.717) is 26.7 Å². The Bertz CT molecular complexity index is 1210. The molecule has 132 valence electrons. The van der Waals surface area contributed by atoms with E-state index in [9.17, 15) is 9.59 Å². The van der Waals surface area contributed by atoms with Gasteiger partial charge >= 0.3 is 0 Å². The van der Waals surface area contributed by atoms with Crippen LogP contribution in [0.4, 0.5) is 5.69 Å². The Morgan fingerprint density at radius 2 is 2.00 bits per heavy atom. The maximum absolute atomic E-state index is 12.8. The zero-order valence-electron chi connectivity index (χ0n) is 14.0. The molecule has 4 rings (SSSR count). The molecule has 7 nitrogen and oxygen atoms in total. The van der Waals surface area contributed by atoms with Crippen LogP contribution in [0.15, 0.2) is 35.1 Å². The molecule has 0 fully saturated rings. The molecule has 9 heteroatoms. The second-order valence-electron chi connectivity index (χ2n) is 5.89. The zero-order chi connectivity index (χ0) is 18.4. The summed E-state index contributed by atoms with van der Waals surface area (Å²) >= 11 is 7.20. The van der Waals surface area contributed by atoms with Crippen LogP contribution in [0.1, 0.15) is 10.7 Å². The summed E-state index contributed by atoms with van der Waals surface area (Å²) in [5, 5.41) is 8.35. The minimum atomic E-state index is -0.276. The second kappa shape index (κ2) is 6.22. The smallest absolute Gasteiger partial charge is 0.299 e. The molecule has 1 N–H and O–H groups in total. The fourth-order valence-electron chi connectivity index (χ4n) is 2.84. The van der Waals surface area contributed by atoms with Gasteiger partial charge in [-0.15, -0.1) is 0 Å². The van der Waals surface area contributed by atoms with E-state index < -0.39 is 0 Å². The topological polar surface area (TPSA) is 81.3 Å². The predicted molar refractivity (Wildman–Crippen MR) is 102 cm³/mol. The van der Waals surface area contributed by atoms with Crippen LogP contribution >= 0.6 is 22.9 Å². The molecule has 0 unspecified atom stereocenters. The number of anilines is 1. The van der Waals surface area contributed by atoms with Gasteiger partial charge in [-0.2, -0.15) is 9.61 Å². The first-order chi connectivity index (χ1) is 12.4. The molecular formula is C17H14ClN5O2S. The number of nitrogens with zero attached hydrogens (tertiary/aromatic N) is 4. The number of hydrogen-bond donors (Lipinski definition) is 1. The zero-order valence-corrected chi connectivity index (χ0v) is 15.6. The SMILES string of the molecule is Cc1nn2c(=O)c3c(cc(C)n3CC(=O)Nc3ccc(Cl)cc3)nc2s1. The number of carbonyl (C=O) groups excluding carboxylic acids is 1. The Hall–Kier alpha value is -2.71. The van der Waals surface area contributed by atoms with Crippen molar-refractivity contribution >= 4 is 50.5 Å². The maximum atomic E-state index is 12.8. The van der Waals surface area contributed by atoms with Gasteiger partial charge in [0.15, 0.2) is 0 Å². The van der Waals surface area contributed by atoms with Crippen molar-refractivity contribution in [2.75, 3.05) is 5.32 Å². The van der Waals surface area contributed by atoms with Crippen molar-refractivity contribution in [3.05, 3.63) is 56.4 Å². The first-order valence-electron chi connectivity index (χ1n) is 7.84. The van der Waals surface area contributed by atoms with Crippen molar-refractivity contribution in [3.8, 4) is 0 Å². The lowest BCUT2D eigenvalue weighted by molar-refractivity contribution is -0.116. The van der Waals surface area contributed by atoms with Crippen molar-refractivity contribution in [3.63, 3.8) is 0 Å². The van der Waals surface area contributed by atoms with E-state index in [0.717, 1.165) is 10.7 Å². The first-order valence-corrected chi connectivity index (χ1v) is 9.03. The molecule has 0 saturated heterocycles. The highest BCUT2D eigenvalue weighted by molar-refractivity contribution is 7.16. The van der Waals surface area contributed by atoms with E-state index in [1.807, 2.05) is 13.8 Å². The average Bonchev–Trinajstić information content (AvgIpc) is 3.10. The second-order valence-corrected chi connectivity index (χ2v) is 7.49. The van der Waals surface area contributed by atoms with Gasteiger partial charge in [-0.25, -0.2) is 4.98 Å². The number of hydrogen-bond acceptors (Lipinski definition) is 5. The van der Waals surface area contributed by atoms with Crippen molar-refractivity contribution in [2.45, 2.75) is 20.4 Å². The third-order valence-corrected chi connectivity index (χ3v) is 5.06. The number of fused-ring (bicyclic) bond motifs is 2. The number of carbonyl (C=O) groups is 1. The number of halogens is 1. The number of aromatic nitrogens is 4. The highest BCUT2D eigenvalue weighted by Gasteiger charge is 2.17. The standard InChI is InChI=1S/C17H14ClN5O2S/c1-9-7-13-15(16(25)23-17(20-13)26-10(2)21-23)22(9)8-14(24)19-12-5-3-11(18)4-6-12/h3-7H,8H2,1-2H3,(H,19,24). The van der Waals surface area contributed by atoms with E-state index >= 15 is 0 Å². The van der Waals surface area contributed by atoms with Gasteiger partial charge < -0.3 is 9.88 Å². The van der Waals surface area contributed by atoms with Gasteiger partial charge in [0.1, 0.15) is 17.1 Å². The van der Waals surface area contributed by atoms with Gasteiger partial charge in [0.05, 0.1) is 5.52 Å². The molecule has 0 radical (unpaired) electrons. The van der Waals surface area contributed by atoms with Crippen LogP contribution in [0.25, 0.3) is 16.0 Å². The maximum Gasteiger partial charge on any atom is 0.299 e. The molecule has 0 saturated carbocycles. The fourth-order valence-corrected chi connectivity index (χ4v) is 3.70. The molecule has 4 aromatic rings. The van der Waals surface area contributed by atoms with Crippen LogP contribution in [0.5, 0.6) is 0 Å². The van der Waals surface area contributed by atoms with Gasteiger partial charge in [-0.3, -0.25) is 9.59 Å². The van der Waals surface area contributed by atoms with Crippen molar-refractivity contribution in [2.24, 2.45) is 0 Å². The van der Waals surface area contributed by atoms with E-state index in [-0.39, 0.29) is 18.0 Å². The van der Waals surface area contributed by atoms with Crippen LogP contribution in [0, 0.1) is 13.8 Å². The normalized spacial score (nSPS) is 11.3. The lowest BCUT2D eigenvalue weighted by Gasteiger charge is -2.09. The summed E-state index contributed by atoms with van der Waals surface area (Å²) in [6.07, 6.45) is 0. The van der Waals surface area contributed by atoms with Crippen LogP contribution < -0.4 is 10.9 Å². The lowest BCUT2D eigenvalue weighted by Crippen LogP contribution is -2.23. The summed E-state index contributed by atoms with van der Waals surface area (Å²) in [5.41, 5.74) is 2.08. The van der Waals surface area contributed by atoms with Crippen LogP contribution in [-0.4, -0.2) is 25.1 Å². The summed E-state index contributed by atoms with van der Waals surface area (Å²) in [7, 11) is 0. The first kappa shape index (κ1) is 16.7. The number of nitrogens with one attached hydrogen (secondary N) is 1. The largest absolute Gasteiger partial charge is 0.330 e. The summed E-state index contributed by atoms with van der Waals surface area (Å²) in [4.78, 5) is 30.3. The molecule has 0 aliphatic heterocycles. The van der Waals surface area contributed by atoms with Gasteiger partial charge in [0, 0.05) is 16.4 Å². The van der Waals surface area contributed by atoms with E-state index in [2.05, 4.69) is 15.4 Å². The minimum absolute atomic E-state index is 0.00403. The number of benzene rings is 1.